The van der Waals surface area contributed by atoms with Crippen LogP contribution in [0.4, 0.5) is 0 Å². The van der Waals surface area contributed by atoms with Gasteiger partial charge < -0.3 is 5.73 Å². The summed E-state index contributed by atoms with van der Waals surface area (Å²) in [5.41, 5.74) is 12.3. The predicted octanol–water partition coefficient (Wildman–Crippen LogP) is 2.77. The Morgan fingerprint density at radius 1 is 1.00 bits per heavy atom. The highest BCUT2D eigenvalue weighted by Crippen LogP contribution is 2.21. The van der Waals surface area contributed by atoms with Crippen molar-refractivity contribution >= 4 is 5.84 Å². The molecule has 0 amide bonds. The van der Waals surface area contributed by atoms with Gasteiger partial charge in [0.05, 0.1) is 0 Å². The lowest BCUT2D eigenvalue weighted by Gasteiger charge is -2.06. The first-order valence-electron chi connectivity index (χ1n) is 6.67. The van der Waals surface area contributed by atoms with Crippen LogP contribution in [0.15, 0.2) is 53.6 Å². The summed E-state index contributed by atoms with van der Waals surface area (Å²) in [4.78, 5) is 0. The highest BCUT2D eigenvalue weighted by Gasteiger charge is 2.02. The summed E-state index contributed by atoms with van der Waals surface area (Å²) in [5, 5.41) is 3.77. The molecule has 5 N–H and O–H groups in total. The van der Waals surface area contributed by atoms with Crippen LogP contribution in [0, 0.1) is 6.92 Å². The molecule has 0 aliphatic heterocycles. The molecular formula is C16H22N4. The van der Waals surface area contributed by atoms with Crippen molar-refractivity contribution in [2.45, 2.75) is 20.8 Å². The number of amidine groups is 1. The van der Waals surface area contributed by atoms with Crippen LogP contribution in [0.3, 0.4) is 0 Å². The molecular weight excluding hydrogens is 248 g/mol. The van der Waals surface area contributed by atoms with E-state index in [9.17, 15) is 0 Å². The summed E-state index contributed by atoms with van der Waals surface area (Å²) in [6.07, 6.45) is 0. The minimum Gasteiger partial charge on any atom is -0.382 e. The van der Waals surface area contributed by atoms with Gasteiger partial charge in [-0.1, -0.05) is 61.9 Å². The summed E-state index contributed by atoms with van der Waals surface area (Å²) in [6.45, 7) is 6.07. The number of nitrogens with one attached hydrogen (secondary N) is 1. The molecule has 2 aromatic rings. The van der Waals surface area contributed by atoms with Gasteiger partial charge in [-0.15, -0.1) is 5.10 Å². The lowest BCUT2D eigenvalue weighted by Crippen LogP contribution is -2.22. The first-order valence-corrected chi connectivity index (χ1v) is 6.67. The second-order valence-electron chi connectivity index (χ2n) is 4.08. The van der Waals surface area contributed by atoms with E-state index in [-0.39, 0.29) is 0 Å². The average Bonchev–Trinajstić information content (AvgIpc) is 2.50. The summed E-state index contributed by atoms with van der Waals surface area (Å²) < 4.78 is 0. The van der Waals surface area contributed by atoms with Crippen LogP contribution in [0.1, 0.15) is 25.0 Å². The van der Waals surface area contributed by atoms with Crippen molar-refractivity contribution in [3.8, 4) is 11.1 Å². The highest BCUT2D eigenvalue weighted by molar-refractivity contribution is 5.98. The molecule has 2 rings (SSSR count). The standard InChI is InChI=1S/C14H16N4.C2H6/c1-10-4-2-5-11(8-10)12-6-3-7-13(9-12)14(15)17-18-16;1-2/h2-9,18H,16H2,1H3,(H2,15,17);1-2H3. The first-order chi connectivity index (χ1) is 9.70. The summed E-state index contributed by atoms with van der Waals surface area (Å²) in [7, 11) is 0. The van der Waals surface area contributed by atoms with Crippen LogP contribution in [0.25, 0.3) is 11.1 Å². The van der Waals surface area contributed by atoms with Crippen molar-refractivity contribution < 1.29 is 0 Å². The van der Waals surface area contributed by atoms with E-state index in [1.54, 1.807) is 0 Å². The number of hydrazine groups is 1. The van der Waals surface area contributed by atoms with E-state index in [2.05, 4.69) is 35.8 Å². The molecule has 0 radical (unpaired) electrons. The molecule has 0 atom stereocenters. The van der Waals surface area contributed by atoms with Crippen LogP contribution >= 0.6 is 0 Å². The van der Waals surface area contributed by atoms with Gasteiger partial charge >= 0.3 is 0 Å². The van der Waals surface area contributed by atoms with Gasteiger partial charge in [-0.3, -0.25) is 0 Å². The molecule has 0 bridgehead atoms. The maximum atomic E-state index is 5.79. The van der Waals surface area contributed by atoms with Crippen molar-refractivity contribution in [1.82, 2.24) is 5.53 Å². The smallest absolute Gasteiger partial charge is 0.152 e. The third kappa shape index (κ3) is 4.10. The number of nitrogens with zero attached hydrogens (tertiary/aromatic N) is 1. The van der Waals surface area contributed by atoms with E-state index in [0.717, 1.165) is 16.7 Å². The number of benzene rings is 2. The molecule has 0 spiro atoms. The van der Waals surface area contributed by atoms with Gasteiger partial charge in [0.15, 0.2) is 5.84 Å². The van der Waals surface area contributed by atoms with Crippen LogP contribution in [0.5, 0.6) is 0 Å². The SMILES string of the molecule is CC.Cc1cccc(-c2cccc(/C(N)=N/NN)c2)c1. The predicted molar refractivity (Wildman–Crippen MR) is 86.0 cm³/mol. The summed E-state index contributed by atoms with van der Waals surface area (Å²) in [5.74, 6) is 5.49. The minimum atomic E-state index is 0.368. The lowest BCUT2D eigenvalue weighted by molar-refractivity contribution is 0.804. The van der Waals surface area contributed by atoms with E-state index < -0.39 is 0 Å². The van der Waals surface area contributed by atoms with E-state index in [0.29, 0.717) is 5.84 Å². The number of hydrazone groups is 1. The highest BCUT2D eigenvalue weighted by atomic mass is 15.5. The van der Waals surface area contributed by atoms with Gasteiger partial charge in [-0.2, -0.15) is 0 Å². The zero-order chi connectivity index (χ0) is 15.0. The minimum absolute atomic E-state index is 0.368. The number of rotatable bonds is 3. The molecule has 0 unspecified atom stereocenters. The molecule has 0 saturated heterocycles. The molecule has 2 aromatic carbocycles. The number of hydrogen-bond donors (Lipinski definition) is 3. The van der Waals surface area contributed by atoms with Crippen LogP contribution in [-0.2, 0) is 0 Å². The van der Waals surface area contributed by atoms with Crippen molar-refractivity contribution in [2.24, 2.45) is 16.7 Å². The third-order valence-electron chi connectivity index (χ3n) is 2.69. The Balaban J connectivity index is 0.000000956. The van der Waals surface area contributed by atoms with E-state index in [1.807, 2.05) is 44.2 Å². The fraction of sp³-hybridized carbons (Fsp3) is 0.188. The molecule has 0 heterocycles. The largest absolute Gasteiger partial charge is 0.382 e. The average molecular weight is 270 g/mol. The van der Waals surface area contributed by atoms with Gasteiger partial charge in [-0.05, 0) is 24.1 Å². The molecule has 0 saturated carbocycles. The Kier molecular flexibility index (Phi) is 6.26. The van der Waals surface area contributed by atoms with Crippen molar-refractivity contribution in [2.75, 3.05) is 0 Å². The molecule has 106 valence electrons. The maximum Gasteiger partial charge on any atom is 0.152 e. The second-order valence-corrected chi connectivity index (χ2v) is 4.08. The molecule has 4 nitrogen and oxygen atoms in total. The Morgan fingerprint density at radius 3 is 2.20 bits per heavy atom. The van der Waals surface area contributed by atoms with Gasteiger partial charge in [0.1, 0.15) is 0 Å². The van der Waals surface area contributed by atoms with E-state index in [1.165, 1.54) is 5.56 Å². The summed E-state index contributed by atoms with van der Waals surface area (Å²) in [6, 6.07) is 16.2. The second kappa shape index (κ2) is 7.96. The first kappa shape index (κ1) is 15.7. The zero-order valence-corrected chi connectivity index (χ0v) is 12.2. The van der Waals surface area contributed by atoms with Crippen LogP contribution in [-0.4, -0.2) is 5.84 Å². The number of aryl methyl sites for hydroxylation is 1. The van der Waals surface area contributed by atoms with Gasteiger partial charge in [0.2, 0.25) is 0 Å². The molecule has 20 heavy (non-hydrogen) atoms. The van der Waals surface area contributed by atoms with Crippen LogP contribution < -0.4 is 17.1 Å². The Bertz CT molecular complexity index is 576. The van der Waals surface area contributed by atoms with E-state index in [4.69, 9.17) is 11.6 Å². The van der Waals surface area contributed by atoms with Gasteiger partial charge in [0.25, 0.3) is 0 Å². The fourth-order valence-corrected chi connectivity index (χ4v) is 1.82. The monoisotopic (exact) mass is 270 g/mol. The topological polar surface area (TPSA) is 76.4 Å². The quantitative estimate of drug-likeness (QED) is 0.347. The maximum absolute atomic E-state index is 5.79. The fourth-order valence-electron chi connectivity index (χ4n) is 1.82. The van der Waals surface area contributed by atoms with Crippen molar-refractivity contribution in [3.63, 3.8) is 0 Å². The van der Waals surface area contributed by atoms with Crippen LogP contribution in [0.2, 0.25) is 0 Å². The molecule has 0 fully saturated rings. The van der Waals surface area contributed by atoms with Crippen molar-refractivity contribution in [3.05, 3.63) is 59.7 Å². The third-order valence-corrected chi connectivity index (χ3v) is 2.69. The number of nitrogens with two attached hydrogens (primary N) is 2. The summed E-state index contributed by atoms with van der Waals surface area (Å²) >= 11 is 0. The molecule has 4 heteroatoms. The Morgan fingerprint density at radius 2 is 1.60 bits per heavy atom. The van der Waals surface area contributed by atoms with Gasteiger partial charge in [0, 0.05) is 5.56 Å². The van der Waals surface area contributed by atoms with E-state index >= 15 is 0 Å². The van der Waals surface area contributed by atoms with Crippen molar-refractivity contribution in [1.29, 1.82) is 0 Å². The zero-order valence-electron chi connectivity index (χ0n) is 12.2. The normalized spacial score (nSPS) is 10.5. The lowest BCUT2D eigenvalue weighted by atomic mass is 10.0. The Hall–Kier alpha value is -2.33. The molecule has 0 aliphatic rings. The molecule has 0 aliphatic carbocycles. The van der Waals surface area contributed by atoms with Gasteiger partial charge in [-0.25, -0.2) is 11.4 Å². The Labute approximate surface area is 120 Å². The molecule has 0 aromatic heterocycles. The number of hydrogen-bond acceptors (Lipinski definition) is 3.